The third-order valence-electron chi connectivity index (χ3n) is 5.84. The monoisotopic (exact) mass is 424 g/mol. The van der Waals surface area contributed by atoms with Crippen LogP contribution < -0.4 is 15.4 Å². The van der Waals surface area contributed by atoms with Crippen LogP contribution in [-0.2, 0) is 12.8 Å². The predicted octanol–water partition coefficient (Wildman–Crippen LogP) is 6.09. The number of benzene rings is 4. The highest BCUT2D eigenvalue weighted by Crippen LogP contribution is 2.33. The zero-order valence-electron chi connectivity index (χ0n) is 18.8. The van der Waals surface area contributed by atoms with E-state index in [1.165, 1.54) is 21.9 Å². The van der Waals surface area contributed by atoms with Gasteiger partial charge < -0.3 is 15.4 Å². The first-order valence-electron chi connectivity index (χ1n) is 11.4. The zero-order valence-corrected chi connectivity index (χ0v) is 18.8. The van der Waals surface area contributed by atoms with Crippen LogP contribution in [0.4, 0.5) is 5.69 Å². The predicted molar refractivity (Wildman–Crippen MR) is 136 cm³/mol. The van der Waals surface area contributed by atoms with Gasteiger partial charge in [0.25, 0.3) is 0 Å². The first-order valence-corrected chi connectivity index (χ1v) is 11.4. The molecule has 1 atom stereocenters. The van der Waals surface area contributed by atoms with Gasteiger partial charge in [0.1, 0.15) is 5.75 Å². The van der Waals surface area contributed by atoms with Crippen LogP contribution in [0.1, 0.15) is 17.5 Å². The second kappa shape index (κ2) is 11.4. The van der Waals surface area contributed by atoms with Gasteiger partial charge in [-0.1, -0.05) is 91.0 Å². The summed E-state index contributed by atoms with van der Waals surface area (Å²) in [7, 11) is 1.74. The Morgan fingerprint density at radius 3 is 2.19 bits per heavy atom. The minimum Gasteiger partial charge on any atom is -0.495 e. The van der Waals surface area contributed by atoms with Crippen LogP contribution in [-0.4, -0.2) is 26.2 Å². The van der Waals surface area contributed by atoms with Crippen molar-refractivity contribution in [3.05, 3.63) is 108 Å². The fraction of sp³-hybridized carbons (Fsp3) is 0.241. The van der Waals surface area contributed by atoms with Gasteiger partial charge in [-0.25, -0.2) is 0 Å². The van der Waals surface area contributed by atoms with E-state index in [9.17, 15) is 0 Å². The smallest absolute Gasteiger partial charge is 0.142 e. The number of anilines is 1. The zero-order chi connectivity index (χ0) is 22.0. The van der Waals surface area contributed by atoms with Crippen molar-refractivity contribution in [3.8, 4) is 5.75 Å². The fourth-order valence-electron chi connectivity index (χ4n) is 4.19. The molecule has 164 valence electrons. The summed E-state index contributed by atoms with van der Waals surface area (Å²) < 4.78 is 5.71. The molecule has 2 N–H and O–H groups in total. The SMILES string of the molecule is COc1ccc2ccccc2c1NC(CNCCCc1ccccc1)Cc1ccccc1. The summed E-state index contributed by atoms with van der Waals surface area (Å²) in [4.78, 5) is 0. The molecule has 0 fully saturated rings. The van der Waals surface area contributed by atoms with Crippen molar-refractivity contribution in [2.24, 2.45) is 0 Å². The van der Waals surface area contributed by atoms with Gasteiger partial charge in [-0.15, -0.1) is 0 Å². The average Bonchev–Trinajstić information content (AvgIpc) is 2.85. The fourth-order valence-corrected chi connectivity index (χ4v) is 4.19. The molecule has 3 nitrogen and oxygen atoms in total. The number of hydrogen-bond acceptors (Lipinski definition) is 3. The van der Waals surface area contributed by atoms with E-state index in [0.717, 1.165) is 43.8 Å². The van der Waals surface area contributed by atoms with E-state index < -0.39 is 0 Å². The summed E-state index contributed by atoms with van der Waals surface area (Å²) in [6, 6.07) is 34.3. The van der Waals surface area contributed by atoms with Crippen molar-refractivity contribution in [1.82, 2.24) is 5.32 Å². The van der Waals surface area contributed by atoms with Crippen LogP contribution in [0.15, 0.2) is 97.1 Å². The number of ether oxygens (including phenoxy) is 1. The van der Waals surface area contributed by atoms with E-state index in [1.54, 1.807) is 7.11 Å². The number of hydrogen-bond donors (Lipinski definition) is 2. The Morgan fingerprint density at radius 2 is 1.44 bits per heavy atom. The van der Waals surface area contributed by atoms with Crippen molar-refractivity contribution in [2.75, 3.05) is 25.5 Å². The summed E-state index contributed by atoms with van der Waals surface area (Å²) >= 11 is 0. The van der Waals surface area contributed by atoms with E-state index >= 15 is 0 Å². The summed E-state index contributed by atoms with van der Waals surface area (Å²) in [6.07, 6.45) is 3.17. The molecule has 0 aliphatic heterocycles. The molecule has 32 heavy (non-hydrogen) atoms. The van der Waals surface area contributed by atoms with E-state index in [1.807, 2.05) is 0 Å². The molecule has 0 radical (unpaired) electrons. The number of methoxy groups -OCH3 is 1. The molecule has 4 aromatic rings. The van der Waals surface area contributed by atoms with Crippen molar-refractivity contribution < 1.29 is 4.74 Å². The van der Waals surface area contributed by atoms with Gasteiger partial charge >= 0.3 is 0 Å². The molecule has 0 aliphatic rings. The standard InChI is InChI=1S/C29H32N2O/c1-32-28-19-18-25-16-8-9-17-27(25)29(28)31-26(21-24-13-6-3-7-14-24)22-30-20-10-15-23-11-4-2-5-12-23/h2-9,11-14,16-19,26,30-31H,10,15,20-22H2,1H3. The third-order valence-corrected chi connectivity index (χ3v) is 5.84. The van der Waals surface area contributed by atoms with Gasteiger partial charge in [-0.05, 0) is 48.4 Å². The van der Waals surface area contributed by atoms with E-state index in [2.05, 4.69) is 108 Å². The molecule has 0 amide bonds. The van der Waals surface area contributed by atoms with Gasteiger partial charge in [0, 0.05) is 18.0 Å². The highest BCUT2D eigenvalue weighted by atomic mass is 16.5. The molecule has 4 aromatic carbocycles. The van der Waals surface area contributed by atoms with E-state index in [-0.39, 0.29) is 6.04 Å². The van der Waals surface area contributed by atoms with Crippen LogP contribution in [0.5, 0.6) is 5.75 Å². The van der Waals surface area contributed by atoms with Crippen molar-refractivity contribution in [1.29, 1.82) is 0 Å². The molecular weight excluding hydrogens is 392 g/mol. The van der Waals surface area contributed by atoms with Crippen LogP contribution >= 0.6 is 0 Å². The Morgan fingerprint density at radius 1 is 0.750 bits per heavy atom. The maximum Gasteiger partial charge on any atom is 0.142 e. The first-order chi connectivity index (χ1) is 15.8. The molecule has 0 spiro atoms. The molecule has 0 aromatic heterocycles. The van der Waals surface area contributed by atoms with Crippen molar-refractivity contribution >= 4 is 16.5 Å². The quantitative estimate of drug-likeness (QED) is 0.286. The molecule has 0 bridgehead atoms. The van der Waals surface area contributed by atoms with E-state index in [0.29, 0.717) is 0 Å². The normalized spacial score (nSPS) is 11.9. The van der Waals surface area contributed by atoms with Crippen LogP contribution in [0.25, 0.3) is 10.8 Å². The summed E-state index contributed by atoms with van der Waals surface area (Å²) in [5.41, 5.74) is 3.79. The topological polar surface area (TPSA) is 33.3 Å². The molecule has 0 heterocycles. The molecule has 0 saturated carbocycles. The Balaban J connectivity index is 1.45. The lowest BCUT2D eigenvalue weighted by Crippen LogP contribution is -2.35. The Kier molecular flexibility index (Phi) is 7.78. The highest BCUT2D eigenvalue weighted by molar-refractivity contribution is 5.97. The Labute approximate surface area is 191 Å². The number of nitrogens with one attached hydrogen (secondary N) is 2. The first kappa shape index (κ1) is 21.9. The molecule has 0 saturated heterocycles. The van der Waals surface area contributed by atoms with Gasteiger partial charge in [0.05, 0.1) is 12.8 Å². The Hall–Kier alpha value is -3.30. The number of aryl methyl sites for hydroxylation is 1. The molecule has 3 heteroatoms. The molecule has 0 aliphatic carbocycles. The van der Waals surface area contributed by atoms with Gasteiger partial charge in [0.2, 0.25) is 0 Å². The van der Waals surface area contributed by atoms with Gasteiger partial charge in [-0.3, -0.25) is 0 Å². The third kappa shape index (κ3) is 5.89. The summed E-state index contributed by atoms with van der Waals surface area (Å²) in [5, 5.41) is 9.89. The average molecular weight is 425 g/mol. The summed E-state index contributed by atoms with van der Waals surface area (Å²) in [5.74, 6) is 0.880. The summed E-state index contributed by atoms with van der Waals surface area (Å²) in [6.45, 7) is 1.88. The highest BCUT2D eigenvalue weighted by Gasteiger charge is 2.15. The van der Waals surface area contributed by atoms with Crippen LogP contribution in [0.3, 0.4) is 0 Å². The molecule has 4 rings (SSSR count). The minimum absolute atomic E-state index is 0.244. The number of rotatable bonds is 11. The molecular formula is C29H32N2O. The lowest BCUT2D eigenvalue weighted by Gasteiger charge is -2.23. The molecule has 1 unspecified atom stereocenters. The van der Waals surface area contributed by atoms with E-state index in [4.69, 9.17) is 4.74 Å². The van der Waals surface area contributed by atoms with Crippen LogP contribution in [0, 0.1) is 0 Å². The van der Waals surface area contributed by atoms with Crippen molar-refractivity contribution in [3.63, 3.8) is 0 Å². The van der Waals surface area contributed by atoms with Gasteiger partial charge in [-0.2, -0.15) is 0 Å². The van der Waals surface area contributed by atoms with Crippen LogP contribution in [0.2, 0.25) is 0 Å². The lowest BCUT2D eigenvalue weighted by atomic mass is 10.0. The second-order valence-electron chi connectivity index (χ2n) is 8.19. The maximum absolute atomic E-state index is 5.71. The second-order valence-corrected chi connectivity index (χ2v) is 8.19. The van der Waals surface area contributed by atoms with Gasteiger partial charge in [0.15, 0.2) is 0 Å². The largest absolute Gasteiger partial charge is 0.495 e. The van der Waals surface area contributed by atoms with Crippen molar-refractivity contribution in [2.45, 2.75) is 25.3 Å². The maximum atomic E-state index is 5.71. The lowest BCUT2D eigenvalue weighted by molar-refractivity contribution is 0.416. The number of fused-ring (bicyclic) bond motifs is 1. The minimum atomic E-state index is 0.244. The Bertz CT molecular complexity index is 1100.